The van der Waals surface area contributed by atoms with E-state index in [4.69, 9.17) is 21.7 Å². The van der Waals surface area contributed by atoms with Gasteiger partial charge in [0.2, 0.25) is 0 Å². The van der Waals surface area contributed by atoms with Gasteiger partial charge in [-0.1, -0.05) is 58.1 Å². The first-order valence-electron chi connectivity index (χ1n) is 10.1. The lowest BCUT2D eigenvalue weighted by molar-refractivity contribution is -0.113. The maximum absolute atomic E-state index is 14.0. The fraction of sp³-hybridized carbons (Fsp3) is 0.120. The van der Waals surface area contributed by atoms with Gasteiger partial charge in [-0.25, -0.2) is 4.39 Å². The van der Waals surface area contributed by atoms with Gasteiger partial charge in [-0.15, -0.1) is 0 Å². The Hall–Kier alpha value is -2.68. The molecule has 0 atom stereocenters. The van der Waals surface area contributed by atoms with E-state index in [0.29, 0.717) is 38.4 Å². The first kappa shape index (κ1) is 23.5. The lowest BCUT2D eigenvalue weighted by atomic mass is 10.1. The van der Waals surface area contributed by atoms with Crippen molar-refractivity contribution in [2.24, 2.45) is 0 Å². The van der Waals surface area contributed by atoms with Gasteiger partial charge >= 0.3 is 0 Å². The molecule has 0 aromatic heterocycles. The number of hydrogen-bond acceptors (Lipinski definition) is 5. The molecule has 1 aliphatic rings. The van der Waals surface area contributed by atoms with Crippen molar-refractivity contribution in [1.82, 2.24) is 0 Å². The van der Waals surface area contributed by atoms with Crippen molar-refractivity contribution < 1.29 is 18.7 Å². The summed E-state index contributed by atoms with van der Waals surface area (Å²) in [5.74, 6) is 0.724. The second-order valence-corrected chi connectivity index (χ2v) is 9.60. The Morgan fingerprint density at radius 3 is 2.58 bits per heavy atom. The quantitative estimate of drug-likeness (QED) is 0.237. The first-order valence-corrected chi connectivity index (χ1v) is 12.1. The number of thioether (sulfide) groups is 1. The van der Waals surface area contributed by atoms with Crippen LogP contribution in [0.15, 0.2) is 76.1 Å². The van der Waals surface area contributed by atoms with E-state index in [9.17, 15) is 9.18 Å². The van der Waals surface area contributed by atoms with Crippen LogP contribution in [0.25, 0.3) is 6.08 Å². The summed E-state index contributed by atoms with van der Waals surface area (Å²) in [4.78, 5) is 15.1. The Labute approximate surface area is 209 Å². The van der Waals surface area contributed by atoms with E-state index in [1.54, 1.807) is 42.5 Å². The van der Waals surface area contributed by atoms with Crippen LogP contribution in [0.5, 0.6) is 11.5 Å². The average molecular weight is 544 g/mol. The van der Waals surface area contributed by atoms with Crippen LogP contribution in [0.3, 0.4) is 0 Å². The zero-order valence-corrected chi connectivity index (χ0v) is 20.8. The second-order valence-electron chi connectivity index (χ2n) is 7.01. The standard InChI is InChI=1S/C25H19BrFNO3S2/c1-2-30-20-10-8-19(9-11-20)28-24(29)23(33-25(28)32)14-17-13-18(26)7-12-22(17)31-15-16-5-3-4-6-21(16)27/h3-14H,2,15H2,1H3/b23-14-. The van der Waals surface area contributed by atoms with Crippen LogP contribution in [0, 0.1) is 5.82 Å². The highest BCUT2D eigenvalue weighted by molar-refractivity contribution is 9.10. The van der Waals surface area contributed by atoms with Gasteiger partial charge in [-0.05, 0) is 61.5 Å². The molecule has 4 rings (SSSR count). The molecule has 1 amide bonds. The molecule has 1 aliphatic heterocycles. The Bertz CT molecular complexity index is 1230. The minimum absolute atomic E-state index is 0.0717. The van der Waals surface area contributed by atoms with Gasteiger partial charge in [-0.2, -0.15) is 0 Å². The van der Waals surface area contributed by atoms with Crippen LogP contribution >= 0.6 is 39.9 Å². The van der Waals surface area contributed by atoms with Crippen molar-refractivity contribution in [1.29, 1.82) is 0 Å². The summed E-state index contributed by atoms with van der Waals surface area (Å²) in [5.41, 5.74) is 1.82. The molecule has 0 spiro atoms. The molecule has 168 valence electrons. The third-order valence-corrected chi connectivity index (χ3v) is 6.59. The molecule has 0 aliphatic carbocycles. The second kappa shape index (κ2) is 10.5. The summed E-state index contributed by atoms with van der Waals surface area (Å²) in [6.07, 6.45) is 1.75. The third-order valence-electron chi connectivity index (χ3n) is 4.80. The minimum atomic E-state index is -0.326. The van der Waals surface area contributed by atoms with Gasteiger partial charge in [0.1, 0.15) is 23.9 Å². The first-order chi connectivity index (χ1) is 16.0. The summed E-state index contributed by atoms with van der Waals surface area (Å²) in [7, 11) is 0. The van der Waals surface area contributed by atoms with Crippen LogP contribution in [-0.4, -0.2) is 16.8 Å². The maximum atomic E-state index is 14.0. The molecule has 8 heteroatoms. The van der Waals surface area contributed by atoms with Crippen LogP contribution < -0.4 is 14.4 Å². The average Bonchev–Trinajstić information content (AvgIpc) is 3.08. The molecule has 0 radical (unpaired) electrons. The number of rotatable bonds is 7. The highest BCUT2D eigenvalue weighted by Gasteiger charge is 2.33. The highest BCUT2D eigenvalue weighted by atomic mass is 79.9. The fourth-order valence-electron chi connectivity index (χ4n) is 3.22. The van der Waals surface area contributed by atoms with E-state index in [2.05, 4.69) is 15.9 Å². The number of ether oxygens (including phenoxy) is 2. The molecule has 0 unspecified atom stereocenters. The molecule has 1 saturated heterocycles. The van der Waals surface area contributed by atoms with E-state index in [0.717, 1.165) is 10.2 Å². The zero-order chi connectivity index (χ0) is 23.4. The fourth-order valence-corrected chi connectivity index (χ4v) is 4.89. The van der Waals surface area contributed by atoms with Gasteiger partial charge in [-0.3, -0.25) is 9.69 Å². The van der Waals surface area contributed by atoms with Gasteiger partial charge in [0.05, 0.1) is 17.2 Å². The lowest BCUT2D eigenvalue weighted by Gasteiger charge is -2.15. The van der Waals surface area contributed by atoms with Gasteiger partial charge in [0.25, 0.3) is 5.91 Å². The molecular formula is C25H19BrFNO3S2. The van der Waals surface area contributed by atoms with Crippen LogP contribution in [0.2, 0.25) is 0 Å². The summed E-state index contributed by atoms with van der Waals surface area (Å²) < 4.78 is 26.6. The molecule has 1 fully saturated rings. The van der Waals surface area contributed by atoms with E-state index in [1.807, 2.05) is 31.2 Å². The molecular weight excluding hydrogens is 525 g/mol. The minimum Gasteiger partial charge on any atom is -0.494 e. The summed E-state index contributed by atoms with van der Waals surface area (Å²) in [5, 5.41) is 0. The van der Waals surface area contributed by atoms with Crippen LogP contribution in [0.1, 0.15) is 18.1 Å². The molecule has 0 saturated carbocycles. The van der Waals surface area contributed by atoms with Crippen molar-refractivity contribution >= 4 is 61.9 Å². The SMILES string of the molecule is CCOc1ccc(N2C(=O)/C(=C/c3cc(Br)ccc3OCc3ccccc3F)SC2=S)cc1. The highest BCUT2D eigenvalue weighted by Crippen LogP contribution is 2.38. The number of hydrogen-bond donors (Lipinski definition) is 0. The Morgan fingerprint density at radius 1 is 1.09 bits per heavy atom. The van der Waals surface area contributed by atoms with Crippen molar-refractivity contribution in [2.75, 3.05) is 11.5 Å². The summed E-state index contributed by atoms with van der Waals surface area (Å²) >= 11 is 10.2. The van der Waals surface area contributed by atoms with E-state index in [1.165, 1.54) is 22.7 Å². The predicted octanol–water partition coefficient (Wildman–Crippen LogP) is 6.97. The smallest absolute Gasteiger partial charge is 0.270 e. The number of nitrogens with zero attached hydrogens (tertiary/aromatic N) is 1. The molecule has 33 heavy (non-hydrogen) atoms. The number of amides is 1. The summed E-state index contributed by atoms with van der Waals surface area (Å²) in [6.45, 7) is 2.55. The topological polar surface area (TPSA) is 38.8 Å². The van der Waals surface area contributed by atoms with Crippen molar-refractivity contribution in [3.8, 4) is 11.5 Å². The van der Waals surface area contributed by atoms with E-state index < -0.39 is 0 Å². The number of anilines is 1. The van der Waals surface area contributed by atoms with Crippen LogP contribution in [0.4, 0.5) is 10.1 Å². The monoisotopic (exact) mass is 543 g/mol. The molecule has 3 aromatic rings. The number of halogens is 2. The largest absolute Gasteiger partial charge is 0.494 e. The number of carbonyl (C=O) groups excluding carboxylic acids is 1. The maximum Gasteiger partial charge on any atom is 0.270 e. The molecule has 3 aromatic carbocycles. The van der Waals surface area contributed by atoms with E-state index >= 15 is 0 Å². The Balaban J connectivity index is 1.58. The number of thiocarbonyl (C=S) groups is 1. The normalized spacial score (nSPS) is 14.8. The predicted molar refractivity (Wildman–Crippen MR) is 138 cm³/mol. The van der Waals surface area contributed by atoms with Gasteiger partial charge in [0, 0.05) is 15.6 Å². The number of benzene rings is 3. The molecule has 4 nitrogen and oxygen atoms in total. The van der Waals surface area contributed by atoms with Crippen LogP contribution in [-0.2, 0) is 11.4 Å². The lowest BCUT2D eigenvalue weighted by Crippen LogP contribution is -2.27. The van der Waals surface area contributed by atoms with Crippen molar-refractivity contribution in [2.45, 2.75) is 13.5 Å². The molecule has 0 bridgehead atoms. The van der Waals surface area contributed by atoms with Gasteiger partial charge < -0.3 is 9.47 Å². The van der Waals surface area contributed by atoms with Crippen molar-refractivity contribution in [3.63, 3.8) is 0 Å². The van der Waals surface area contributed by atoms with E-state index in [-0.39, 0.29) is 18.3 Å². The van der Waals surface area contributed by atoms with Gasteiger partial charge in [0.15, 0.2) is 4.32 Å². The van der Waals surface area contributed by atoms with Crippen molar-refractivity contribution in [3.05, 3.63) is 93.1 Å². The zero-order valence-electron chi connectivity index (χ0n) is 17.6. The third kappa shape index (κ3) is 5.46. The number of carbonyl (C=O) groups is 1. The Morgan fingerprint density at radius 2 is 1.85 bits per heavy atom. The summed E-state index contributed by atoms with van der Waals surface area (Å²) in [6, 6.07) is 19.2. The molecule has 0 N–H and O–H groups in total. The Kier molecular flexibility index (Phi) is 7.47. The molecule has 1 heterocycles.